The monoisotopic (exact) mass is 346 g/mol. The van der Waals surface area contributed by atoms with Crippen molar-refractivity contribution in [3.63, 3.8) is 0 Å². The van der Waals surface area contributed by atoms with Crippen LogP contribution in [0.5, 0.6) is 5.75 Å². The van der Waals surface area contributed by atoms with E-state index >= 15 is 0 Å². The van der Waals surface area contributed by atoms with Gasteiger partial charge in [0.15, 0.2) is 0 Å². The Kier molecular flexibility index (Phi) is 5.74. The molecule has 1 aliphatic rings. The molecule has 0 bridgehead atoms. The first-order chi connectivity index (χ1) is 11.2. The number of benzene rings is 1. The number of rotatable bonds is 6. The predicted octanol–water partition coefficient (Wildman–Crippen LogP) is 4.72. The number of halogens is 3. The zero-order valence-corrected chi connectivity index (χ0v) is 13.6. The first kappa shape index (κ1) is 18.6. The molecule has 1 aromatic carbocycles. The molecule has 0 aromatic heterocycles. The number of ether oxygens (including phenoxy) is 2. The van der Waals surface area contributed by atoms with E-state index in [-0.39, 0.29) is 17.6 Å². The molecule has 4 nitrogen and oxygen atoms in total. The molecular weight excluding hydrogens is 325 g/mol. The highest BCUT2D eigenvalue weighted by Crippen LogP contribution is 2.38. The van der Waals surface area contributed by atoms with E-state index in [1.165, 1.54) is 0 Å². The van der Waals surface area contributed by atoms with Crippen LogP contribution in [0.4, 0.5) is 13.2 Å². The summed E-state index contributed by atoms with van der Waals surface area (Å²) in [4.78, 5) is 11.0. The van der Waals surface area contributed by atoms with Crippen LogP contribution in [0.3, 0.4) is 0 Å². The first-order valence-electron chi connectivity index (χ1n) is 7.95. The summed E-state index contributed by atoms with van der Waals surface area (Å²) < 4.78 is 50.8. The normalized spacial score (nSPS) is 17.2. The highest BCUT2D eigenvalue weighted by atomic mass is 19.4. The average molecular weight is 346 g/mol. The molecule has 1 atom stereocenters. The minimum absolute atomic E-state index is 0.0330. The Hall–Kier alpha value is -1.76. The topological polar surface area (TPSA) is 55.8 Å². The molecule has 0 saturated heterocycles. The lowest BCUT2D eigenvalue weighted by atomic mass is 10.1. The molecule has 2 rings (SSSR count). The molecule has 0 radical (unpaired) electrons. The van der Waals surface area contributed by atoms with Gasteiger partial charge in [0, 0.05) is 5.92 Å². The maximum absolute atomic E-state index is 13.2. The Balaban J connectivity index is 2.28. The third kappa shape index (κ3) is 4.63. The molecule has 0 heterocycles. The molecule has 1 aromatic rings. The van der Waals surface area contributed by atoms with Gasteiger partial charge in [0.1, 0.15) is 5.75 Å². The third-order valence-electron chi connectivity index (χ3n) is 3.95. The molecule has 0 amide bonds. The number of hydrogen-bond acceptors (Lipinski definition) is 3. The smallest absolute Gasteiger partial charge is 0.419 e. The van der Waals surface area contributed by atoms with E-state index in [2.05, 4.69) is 0 Å². The standard InChI is InChI=1S/C17H21F3O4/c1-10(2)16(23-12-5-3-4-6-12)24-14-9-11(15(21)22)7-8-13(14)17(18,19)20/h7-10,12,16H,3-6H2,1-2H3,(H,21,22). The van der Waals surface area contributed by atoms with Gasteiger partial charge in [-0.1, -0.05) is 26.7 Å². The molecule has 0 spiro atoms. The van der Waals surface area contributed by atoms with Crippen LogP contribution in [0.2, 0.25) is 0 Å². The average Bonchev–Trinajstić information content (AvgIpc) is 2.98. The van der Waals surface area contributed by atoms with Crippen molar-refractivity contribution in [2.45, 2.75) is 58.1 Å². The number of carboxylic acids is 1. The number of carbonyl (C=O) groups is 1. The molecule has 134 valence electrons. The van der Waals surface area contributed by atoms with E-state index in [1.807, 2.05) is 0 Å². The predicted molar refractivity (Wildman–Crippen MR) is 81.0 cm³/mol. The fraction of sp³-hybridized carbons (Fsp3) is 0.588. The minimum atomic E-state index is -4.64. The van der Waals surface area contributed by atoms with Crippen LogP contribution < -0.4 is 4.74 Å². The summed E-state index contributed by atoms with van der Waals surface area (Å²) in [6.07, 6.45) is -1.77. The maximum atomic E-state index is 13.2. The van der Waals surface area contributed by atoms with Crippen molar-refractivity contribution < 1.29 is 32.5 Å². The lowest BCUT2D eigenvalue weighted by Crippen LogP contribution is -2.31. The van der Waals surface area contributed by atoms with E-state index in [1.54, 1.807) is 13.8 Å². The largest absolute Gasteiger partial charge is 0.478 e. The quantitative estimate of drug-likeness (QED) is 0.757. The minimum Gasteiger partial charge on any atom is -0.478 e. The van der Waals surface area contributed by atoms with E-state index in [9.17, 15) is 18.0 Å². The van der Waals surface area contributed by atoms with Gasteiger partial charge in [-0.25, -0.2) is 4.79 Å². The van der Waals surface area contributed by atoms with Crippen molar-refractivity contribution in [1.82, 2.24) is 0 Å². The summed E-state index contributed by atoms with van der Waals surface area (Å²) in [5, 5.41) is 9.01. The lowest BCUT2D eigenvalue weighted by molar-refractivity contribution is -0.155. The molecule has 0 aliphatic heterocycles. The zero-order valence-electron chi connectivity index (χ0n) is 13.6. The third-order valence-corrected chi connectivity index (χ3v) is 3.95. The van der Waals surface area contributed by atoms with Crippen LogP contribution in [0.1, 0.15) is 55.5 Å². The maximum Gasteiger partial charge on any atom is 0.419 e. The molecule has 24 heavy (non-hydrogen) atoms. The molecule has 1 unspecified atom stereocenters. The van der Waals surface area contributed by atoms with E-state index in [0.717, 1.165) is 43.9 Å². The summed E-state index contributed by atoms with van der Waals surface area (Å²) in [5.41, 5.74) is -1.27. The summed E-state index contributed by atoms with van der Waals surface area (Å²) in [6.45, 7) is 3.57. The second kappa shape index (κ2) is 7.42. The molecule has 1 saturated carbocycles. The van der Waals surface area contributed by atoms with Crippen LogP contribution in [0.15, 0.2) is 18.2 Å². The molecule has 1 aliphatic carbocycles. The highest BCUT2D eigenvalue weighted by molar-refractivity contribution is 5.88. The van der Waals surface area contributed by atoms with Crippen molar-refractivity contribution in [3.8, 4) is 5.75 Å². The van der Waals surface area contributed by atoms with E-state index in [0.29, 0.717) is 0 Å². The van der Waals surface area contributed by atoms with Crippen LogP contribution in [-0.2, 0) is 10.9 Å². The summed E-state index contributed by atoms with van der Waals surface area (Å²) in [5.74, 6) is -2.01. The molecule has 7 heteroatoms. The van der Waals surface area contributed by atoms with Crippen LogP contribution in [0.25, 0.3) is 0 Å². The van der Waals surface area contributed by atoms with Gasteiger partial charge in [0.05, 0.1) is 17.2 Å². The van der Waals surface area contributed by atoms with Crippen LogP contribution in [-0.4, -0.2) is 23.5 Å². The van der Waals surface area contributed by atoms with Gasteiger partial charge in [-0.15, -0.1) is 0 Å². The Labute approximate surface area is 138 Å². The highest BCUT2D eigenvalue weighted by Gasteiger charge is 2.36. The SMILES string of the molecule is CC(C)C(Oc1cc(C(=O)O)ccc1C(F)(F)F)OC1CCCC1. The summed E-state index contributed by atoms with van der Waals surface area (Å²) in [7, 11) is 0. The Morgan fingerprint density at radius 2 is 1.88 bits per heavy atom. The van der Waals surface area contributed by atoms with Gasteiger partial charge >= 0.3 is 12.1 Å². The number of alkyl halides is 3. The van der Waals surface area contributed by atoms with Gasteiger partial charge in [0.2, 0.25) is 6.29 Å². The number of aromatic carboxylic acids is 1. The molecule has 1 N–H and O–H groups in total. The Bertz CT molecular complexity index is 578. The second-order valence-corrected chi connectivity index (χ2v) is 6.29. The van der Waals surface area contributed by atoms with Gasteiger partial charge in [0.25, 0.3) is 0 Å². The Morgan fingerprint density at radius 3 is 2.38 bits per heavy atom. The van der Waals surface area contributed by atoms with Crippen molar-refractivity contribution in [2.24, 2.45) is 5.92 Å². The van der Waals surface area contributed by atoms with Crippen molar-refractivity contribution in [3.05, 3.63) is 29.3 Å². The second-order valence-electron chi connectivity index (χ2n) is 6.29. The number of hydrogen-bond donors (Lipinski definition) is 1. The fourth-order valence-corrected chi connectivity index (χ4v) is 2.65. The van der Waals surface area contributed by atoms with Crippen molar-refractivity contribution >= 4 is 5.97 Å². The summed E-state index contributed by atoms with van der Waals surface area (Å²) >= 11 is 0. The van der Waals surface area contributed by atoms with E-state index in [4.69, 9.17) is 14.6 Å². The fourth-order valence-electron chi connectivity index (χ4n) is 2.65. The molecule has 1 fully saturated rings. The van der Waals surface area contributed by atoms with Crippen molar-refractivity contribution in [2.75, 3.05) is 0 Å². The Morgan fingerprint density at radius 1 is 1.25 bits per heavy atom. The van der Waals surface area contributed by atoms with Crippen LogP contribution in [0, 0.1) is 5.92 Å². The van der Waals surface area contributed by atoms with Gasteiger partial charge < -0.3 is 14.6 Å². The van der Waals surface area contributed by atoms with Gasteiger partial charge in [-0.2, -0.15) is 13.2 Å². The van der Waals surface area contributed by atoms with E-state index < -0.39 is 29.7 Å². The zero-order chi connectivity index (χ0) is 17.9. The summed E-state index contributed by atoms with van der Waals surface area (Å²) in [6, 6.07) is 2.55. The lowest BCUT2D eigenvalue weighted by Gasteiger charge is -2.27. The van der Waals surface area contributed by atoms with Crippen molar-refractivity contribution in [1.29, 1.82) is 0 Å². The van der Waals surface area contributed by atoms with Gasteiger partial charge in [-0.3, -0.25) is 0 Å². The van der Waals surface area contributed by atoms with Crippen LogP contribution >= 0.6 is 0 Å². The molecular formula is C17H21F3O4. The first-order valence-corrected chi connectivity index (χ1v) is 7.95. The van der Waals surface area contributed by atoms with Gasteiger partial charge in [-0.05, 0) is 31.0 Å². The number of carboxylic acid groups (broad SMARTS) is 1.